The fraction of sp³-hybridized carbons (Fsp3) is 0.500. The molecule has 1 aromatic heterocycles. The standard InChI is InChI=1S/C6H9BrN2S/c1-2-9-3-5(7)8-6(9)4-10/h3,10H,2,4H2,1H3. The molecular formula is C6H9BrN2S. The Morgan fingerprint density at radius 1 is 1.80 bits per heavy atom. The van der Waals surface area contributed by atoms with Crippen molar-refractivity contribution in [2.24, 2.45) is 0 Å². The van der Waals surface area contributed by atoms with Crippen LogP contribution in [-0.4, -0.2) is 9.55 Å². The zero-order chi connectivity index (χ0) is 7.56. The van der Waals surface area contributed by atoms with Gasteiger partial charge in [0, 0.05) is 18.5 Å². The Balaban J connectivity index is 2.96. The highest BCUT2D eigenvalue weighted by atomic mass is 79.9. The lowest BCUT2D eigenvalue weighted by Crippen LogP contribution is -1.97. The van der Waals surface area contributed by atoms with Crippen molar-refractivity contribution in [3.8, 4) is 0 Å². The van der Waals surface area contributed by atoms with Crippen LogP contribution in [-0.2, 0) is 12.3 Å². The zero-order valence-electron chi connectivity index (χ0n) is 5.71. The van der Waals surface area contributed by atoms with Gasteiger partial charge in [0.25, 0.3) is 0 Å². The van der Waals surface area contributed by atoms with Gasteiger partial charge in [0.1, 0.15) is 10.4 Å². The van der Waals surface area contributed by atoms with E-state index in [9.17, 15) is 0 Å². The molecule has 0 aliphatic carbocycles. The van der Waals surface area contributed by atoms with Gasteiger partial charge in [-0.25, -0.2) is 4.98 Å². The van der Waals surface area contributed by atoms with Crippen LogP contribution in [0.15, 0.2) is 10.8 Å². The summed E-state index contributed by atoms with van der Waals surface area (Å²) in [6.07, 6.45) is 1.96. The second-order valence-electron chi connectivity index (χ2n) is 1.92. The molecule has 2 nitrogen and oxygen atoms in total. The van der Waals surface area contributed by atoms with Gasteiger partial charge in [-0.3, -0.25) is 0 Å². The summed E-state index contributed by atoms with van der Waals surface area (Å²) in [6, 6.07) is 0. The summed E-state index contributed by atoms with van der Waals surface area (Å²) in [5.41, 5.74) is 0. The molecule has 0 aliphatic rings. The molecule has 0 aromatic carbocycles. The van der Waals surface area contributed by atoms with Gasteiger partial charge in [-0.15, -0.1) is 0 Å². The van der Waals surface area contributed by atoms with Crippen LogP contribution >= 0.6 is 28.6 Å². The number of thiol groups is 1. The van der Waals surface area contributed by atoms with Crippen molar-refractivity contribution in [3.05, 3.63) is 16.6 Å². The van der Waals surface area contributed by atoms with E-state index in [1.165, 1.54) is 0 Å². The fourth-order valence-electron chi connectivity index (χ4n) is 0.819. The minimum Gasteiger partial charge on any atom is -0.333 e. The van der Waals surface area contributed by atoms with Crippen LogP contribution in [0, 0.1) is 0 Å². The largest absolute Gasteiger partial charge is 0.333 e. The maximum atomic E-state index is 4.20. The molecule has 0 amide bonds. The van der Waals surface area contributed by atoms with E-state index in [-0.39, 0.29) is 0 Å². The highest BCUT2D eigenvalue weighted by molar-refractivity contribution is 9.10. The predicted octanol–water partition coefficient (Wildman–Crippen LogP) is 2.10. The Morgan fingerprint density at radius 2 is 2.50 bits per heavy atom. The number of halogens is 1. The van der Waals surface area contributed by atoms with Gasteiger partial charge in [0.2, 0.25) is 0 Å². The zero-order valence-corrected chi connectivity index (χ0v) is 8.19. The van der Waals surface area contributed by atoms with Crippen LogP contribution in [0.1, 0.15) is 12.7 Å². The van der Waals surface area contributed by atoms with Crippen LogP contribution in [0.4, 0.5) is 0 Å². The van der Waals surface area contributed by atoms with Gasteiger partial charge in [-0.2, -0.15) is 12.6 Å². The molecule has 4 heteroatoms. The maximum absolute atomic E-state index is 4.20. The molecule has 0 N–H and O–H groups in total. The van der Waals surface area contributed by atoms with Crippen LogP contribution < -0.4 is 0 Å². The van der Waals surface area contributed by atoms with Gasteiger partial charge in [0.15, 0.2) is 0 Å². The van der Waals surface area contributed by atoms with E-state index in [0.717, 1.165) is 17.0 Å². The van der Waals surface area contributed by atoms with E-state index in [4.69, 9.17) is 0 Å². The highest BCUT2D eigenvalue weighted by Gasteiger charge is 2.00. The first-order chi connectivity index (χ1) is 4.77. The summed E-state index contributed by atoms with van der Waals surface area (Å²) in [4.78, 5) is 4.20. The normalized spacial score (nSPS) is 10.3. The minimum absolute atomic E-state index is 0.694. The molecule has 1 heterocycles. The number of aryl methyl sites for hydroxylation is 1. The Morgan fingerprint density at radius 3 is 2.90 bits per heavy atom. The molecule has 0 saturated carbocycles. The summed E-state index contributed by atoms with van der Waals surface area (Å²) in [7, 11) is 0. The van der Waals surface area contributed by atoms with E-state index in [1.54, 1.807) is 0 Å². The maximum Gasteiger partial charge on any atom is 0.124 e. The summed E-state index contributed by atoms with van der Waals surface area (Å²) in [5.74, 6) is 1.71. The molecule has 0 aliphatic heterocycles. The van der Waals surface area contributed by atoms with Gasteiger partial charge >= 0.3 is 0 Å². The number of hydrogen-bond donors (Lipinski definition) is 1. The number of nitrogens with zero attached hydrogens (tertiary/aromatic N) is 2. The van der Waals surface area contributed by atoms with Crippen LogP contribution in [0.2, 0.25) is 0 Å². The molecule has 1 rings (SSSR count). The average Bonchev–Trinajstić information content (AvgIpc) is 2.30. The van der Waals surface area contributed by atoms with Crippen LogP contribution in [0.25, 0.3) is 0 Å². The SMILES string of the molecule is CCn1cc(Br)nc1CS. The van der Waals surface area contributed by atoms with E-state index in [2.05, 4.69) is 45.0 Å². The molecule has 0 radical (unpaired) electrons. The van der Waals surface area contributed by atoms with Gasteiger partial charge in [-0.05, 0) is 22.9 Å². The predicted molar refractivity (Wildman–Crippen MR) is 48.3 cm³/mol. The first kappa shape index (κ1) is 8.14. The molecule has 0 atom stereocenters. The lowest BCUT2D eigenvalue weighted by Gasteiger charge is -1.98. The van der Waals surface area contributed by atoms with Crippen molar-refractivity contribution in [3.63, 3.8) is 0 Å². The minimum atomic E-state index is 0.694. The number of rotatable bonds is 2. The van der Waals surface area contributed by atoms with E-state index >= 15 is 0 Å². The third-order valence-corrected chi connectivity index (χ3v) is 1.98. The smallest absolute Gasteiger partial charge is 0.124 e. The molecule has 56 valence electrons. The lowest BCUT2D eigenvalue weighted by atomic mass is 10.6. The monoisotopic (exact) mass is 220 g/mol. The van der Waals surface area contributed by atoms with Gasteiger partial charge in [0.05, 0.1) is 0 Å². The Kier molecular flexibility index (Phi) is 2.80. The van der Waals surface area contributed by atoms with E-state index < -0.39 is 0 Å². The molecule has 0 bridgehead atoms. The topological polar surface area (TPSA) is 17.8 Å². The summed E-state index contributed by atoms with van der Waals surface area (Å²) in [6.45, 7) is 3.04. The van der Waals surface area contributed by atoms with Crippen LogP contribution in [0.5, 0.6) is 0 Å². The lowest BCUT2D eigenvalue weighted by molar-refractivity contribution is 0.726. The summed E-state index contributed by atoms with van der Waals surface area (Å²) < 4.78 is 2.95. The summed E-state index contributed by atoms with van der Waals surface area (Å²) >= 11 is 7.44. The second kappa shape index (κ2) is 3.44. The molecule has 0 saturated heterocycles. The Hall–Kier alpha value is 0.0400. The van der Waals surface area contributed by atoms with E-state index in [0.29, 0.717) is 5.75 Å². The first-order valence-corrected chi connectivity index (χ1v) is 4.53. The number of imidazole rings is 1. The molecular weight excluding hydrogens is 212 g/mol. The van der Waals surface area contributed by atoms with Gasteiger partial charge < -0.3 is 4.57 Å². The Labute approximate surface area is 74.2 Å². The number of aromatic nitrogens is 2. The highest BCUT2D eigenvalue weighted by Crippen LogP contribution is 2.10. The molecule has 0 unspecified atom stereocenters. The molecule has 10 heavy (non-hydrogen) atoms. The van der Waals surface area contributed by atoms with Crippen molar-refractivity contribution in [2.45, 2.75) is 19.2 Å². The van der Waals surface area contributed by atoms with Crippen molar-refractivity contribution in [2.75, 3.05) is 0 Å². The van der Waals surface area contributed by atoms with Crippen molar-refractivity contribution < 1.29 is 0 Å². The molecule has 1 aromatic rings. The van der Waals surface area contributed by atoms with Crippen molar-refractivity contribution in [1.29, 1.82) is 0 Å². The first-order valence-electron chi connectivity index (χ1n) is 3.10. The number of hydrogen-bond acceptors (Lipinski definition) is 2. The van der Waals surface area contributed by atoms with E-state index in [1.807, 2.05) is 6.20 Å². The quantitative estimate of drug-likeness (QED) is 0.757. The van der Waals surface area contributed by atoms with Crippen molar-refractivity contribution in [1.82, 2.24) is 9.55 Å². The average molecular weight is 221 g/mol. The van der Waals surface area contributed by atoms with Crippen LogP contribution in [0.3, 0.4) is 0 Å². The fourth-order valence-corrected chi connectivity index (χ4v) is 1.52. The molecule has 0 spiro atoms. The second-order valence-corrected chi connectivity index (χ2v) is 3.05. The van der Waals surface area contributed by atoms with Gasteiger partial charge in [-0.1, -0.05) is 0 Å². The van der Waals surface area contributed by atoms with Crippen molar-refractivity contribution >= 4 is 28.6 Å². The third-order valence-electron chi connectivity index (χ3n) is 1.31. The summed E-state index contributed by atoms with van der Waals surface area (Å²) in [5, 5.41) is 0. The molecule has 0 fully saturated rings. The third kappa shape index (κ3) is 1.55. The Bertz CT molecular complexity index is 200.